The van der Waals surface area contributed by atoms with Gasteiger partial charge in [0.25, 0.3) is 0 Å². The largest absolute Gasteiger partial charge is 0.508 e. The molecule has 5 unspecified atom stereocenters. The van der Waals surface area contributed by atoms with Crippen molar-refractivity contribution in [2.45, 2.75) is 69.3 Å². The molecule has 0 spiro atoms. The second kappa shape index (κ2) is 16.2. The minimum atomic E-state index is -1.35. The van der Waals surface area contributed by atoms with Crippen LogP contribution in [0.1, 0.15) is 37.3 Å². The number of aliphatic hydroxyl groups excluding tert-OH is 1. The summed E-state index contributed by atoms with van der Waals surface area (Å²) in [7, 11) is 0. The summed E-state index contributed by atoms with van der Waals surface area (Å²) in [4.78, 5) is 51.2. The van der Waals surface area contributed by atoms with Crippen molar-refractivity contribution in [3.05, 3.63) is 59.7 Å². The number of nitrogens with one attached hydrogen (secondary N) is 3. The molecule has 224 valence electrons. The summed E-state index contributed by atoms with van der Waals surface area (Å²) in [6.07, 6.45) is -0.0976. The Morgan fingerprint density at radius 3 is 1.63 bits per heavy atom. The Morgan fingerprint density at radius 2 is 1.17 bits per heavy atom. The number of aliphatic carboxylic acids is 1. The van der Waals surface area contributed by atoms with Crippen molar-refractivity contribution < 1.29 is 39.6 Å². The number of carbonyl (C=O) groups excluding carboxylic acids is 3. The molecule has 0 saturated carbocycles. The summed E-state index contributed by atoms with van der Waals surface area (Å²) in [6.45, 7) is 1.70. The molecule has 0 heterocycles. The van der Waals surface area contributed by atoms with Crippen molar-refractivity contribution in [3.8, 4) is 11.5 Å². The SMILES string of the molecule is CC(O)C(N)C(=O)NC(CCCCN)C(=O)NC(Cc1ccc(O)cc1)C(=O)NC(Cc1ccc(O)cc1)C(=O)O. The number of aromatic hydroxyl groups is 2. The van der Waals surface area contributed by atoms with E-state index in [1.54, 1.807) is 12.1 Å². The molecule has 5 atom stereocenters. The predicted octanol–water partition coefficient (Wildman–Crippen LogP) is -0.741. The fourth-order valence-electron chi connectivity index (χ4n) is 3.94. The predicted molar refractivity (Wildman–Crippen MR) is 150 cm³/mol. The third-order valence-corrected chi connectivity index (χ3v) is 6.40. The van der Waals surface area contributed by atoms with E-state index in [4.69, 9.17) is 11.5 Å². The van der Waals surface area contributed by atoms with Gasteiger partial charge in [-0.1, -0.05) is 24.3 Å². The Kier molecular flexibility index (Phi) is 13.0. The highest BCUT2D eigenvalue weighted by molar-refractivity contribution is 5.94. The van der Waals surface area contributed by atoms with Crippen LogP contribution in [-0.4, -0.2) is 80.9 Å². The number of benzene rings is 2. The molecule has 3 amide bonds. The maximum atomic E-state index is 13.4. The van der Waals surface area contributed by atoms with Gasteiger partial charge >= 0.3 is 5.97 Å². The molecule has 0 aliphatic heterocycles. The number of carboxylic acid groups (broad SMARTS) is 1. The molecule has 0 radical (unpaired) electrons. The minimum Gasteiger partial charge on any atom is -0.508 e. The number of carbonyl (C=O) groups is 4. The Bertz CT molecular complexity index is 1160. The molecule has 2 aromatic rings. The number of aliphatic hydroxyl groups is 1. The van der Waals surface area contributed by atoms with Crippen molar-refractivity contribution in [1.82, 2.24) is 16.0 Å². The van der Waals surface area contributed by atoms with E-state index in [0.717, 1.165) is 0 Å². The van der Waals surface area contributed by atoms with Gasteiger partial charge in [0.05, 0.1) is 6.10 Å². The smallest absolute Gasteiger partial charge is 0.326 e. The molecule has 0 saturated heterocycles. The van der Waals surface area contributed by atoms with Crippen molar-refractivity contribution in [2.24, 2.45) is 11.5 Å². The molecule has 0 aliphatic rings. The van der Waals surface area contributed by atoms with Crippen LogP contribution in [0.4, 0.5) is 0 Å². The Morgan fingerprint density at radius 1 is 0.732 bits per heavy atom. The summed E-state index contributed by atoms with van der Waals surface area (Å²) >= 11 is 0. The second-order valence-electron chi connectivity index (χ2n) is 9.81. The van der Waals surface area contributed by atoms with Crippen molar-refractivity contribution in [2.75, 3.05) is 6.54 Å². The van der Waals surface area contributed by atoms with Gasteiger partial charge in [0.2, 0.25) is 17.7 Å². The maximum Gasteiger partial charge on any atom is 0.326 e. The summed E-state index contributed by atoms with van der Waals surface area (Å²) in [5.41, 5.74) is 12.4. The number of hydrogen-bond acceptors (Lipinski definition) is 9. The number of carboxylic acids is 1. The minimum absolute atomic E-state index is 0.00356. The van der Waals surface area contributed by atoms with Gasteiger partial charge in [-0.05, 0) is 68.1 Å². The van der Waals surface area contributed by atoms with Gasteiger partial charge in [-0.3, -0.25) is 14.4 Å². The van der Waals surface area contributed by atoms with Crippen molar-refractivity contribution in [3.63, 3.8) is 0 Å². The zero-order chi connectivity index (χ0) is 30.5. The first kappa shape index (κ1) is 33.0. The lowest BCUT2D eigenvalue weighted by Crippen LogP contribution is -2.58. The standard InChI is InChI=1S/C28H39N5O8/c1-16(34)24(30)27(39)31-21(4-2-3-13-29)25(37)32-22(14-17-5-9-19(35)10-6-17)26(38)33-23(28(40)41)15-18-7-11-20(36)12-8-18/h5-12,16,21-24,34-36H,2-4,13-15,29-30H2,1H3,(H,31,39)(H,32,37)(H,33,38)(H,40,41). The lowest BCUT2D eigenvalue weighted by atomic mass is 10.0. The highest BCUT2D eigenvalue weighted by Gasteiger charge is 2.31. The first-order valence-corrected chi connectivity index (χ1v) is 13.2. The number of phenolic OH excluding ortho intramolecular Hbond substituents is 2. The number of unbranched alkanes of at least 4 members (excludes halogenated alkanes) is 1. The lowest BCUT2D eigenvalue weighted by molar-refractivity contribution is -0.142. The van der Waals surface area contributed by atoms with Gasteiger partial charge in [-0.15, -0.1) is 0 Å². The number of nitrogens with two attached hydrogens (primary N) is 2. The topological polar surface area (TPSA) is 237 Å². The van der Waals surface area contributed by atoms with E-state index in [-0.39, 0.29) is 30.8 Å². The molecule has 11 N–H and O–H groups in total. The van der Waals surface area contributed by atoms with Crippen LogP contribution in [0.15, 0.2) is 48.5 Å². The number of amides is 3. The van der Waals surface area contributed by atoms with E-state index in [1.165, 1.54) is 43.3 Å². The first-order valence-electron chi connectivity index (χ1n) is 13.2. The van der Waals surface area contributed by atoms with Gasteiger partial charge in [0, 0.05) is 12.8 Å². The normalized spacial score (nSPS) is 14.6. The molecule has 0 bridgehead atoms. The Labute approximate surface area is 237 Å². The molecular weight excluding hydrogens is 534 g/mol. The Hall–Kier alpha value is -4.20. The van der Waals surface area contributed by atoms with Crippen LogP contribution >= 0.6 is 0 Å². The van der Waals surface area contributed by atoms with Gasteiger partial charge in [-0.25, -0.2) is 4.79 Å². The van der Waals surface area contributed by atoms with Crippen LogP contribution in [0.3, 0.4) is 0 Å². The summed E-state index contributed by atoms with van der Waals surface area (Å²) in [5.74, 6) is -3.56. The van der Waals surface area contributed by atoms with Crippen molar-refractivity contribution in [1.29, 1.82) is 0 Å². The quantitative estimate of drug-likeness (QED) is 0.114. The van der Waals surface area contributed by atoms with Crippen LogP contribution < -0.4 is 27.4 Å². The second-order valence-corrected chi connectivity index (χ2v) is 9.81. The molecule has 2 aromatic carbocycles. The summed E-state index contributed by atoms with van der Waals surface area (Å²) in [6, 6.07) is 6.76. The zero-order valence-electron chi connectivity index (χ0n) is 22.8. The number of rotatable bonds is 16. The van der Waals surface area contributed by atoms with Crippen LogP contribution in [0.25, 0.3) is 0 Å². The van der Waals surface area contributed by atoms with Crippen LogP contribution in [-0.2, 0) is 32.0 Å². The highest BCUT2D eigenvalue weighted by atomic mass is 16.4. The molecule has 41 heavy (non-hydrogen) atoms. The van der Waals surface area contributed by atoms with Crippen molar-refractivity contribution >= 4 is 23.7 Å². The summed E-state index contributed by atoms with van der Waals surface area (Å²) in [5, 5.41) is 46.1. The molecule has 0 fully saturated rings. The number of phenols is 2. The third kappa shape index (κ3) is 11.1. The third-order valence-electron chi connectivity index (χ3n) is 6.40. The zero-order valence-corrected chi connectivity index (χ0v) is 22.8. The lowest BCUT2D eigenvalue weighted by Gasteiger charge is -2.26. The number of hydrogen-bond donors (Lipinski definition) is 9. The van der Waals surface area contributed by atoms with E-state index in [2.05, 4.69) is 16.0 Å². The fourth-order valence-corrected chi connectivity index (χ4v) is 3.94. The molecular formula is C28H39N5O8. The molecule has 0 aliphatic carbocycles. The van der Waals surface area contributed by atoms with Gasteiger partial charge in [0.1, 0.15) is 35.7 Å². The maximum absolute atomic E-state index is 13.4. The van der Waals surface area contributed by atoms with E-state index < -0.39 is 54.0 Å². The molecule has 13 heteroatoms. The average molecular weight is 574 g/mol. The van der Waals surface area contributed by atoms with Gasteiger partial charge in [0.15, 0.2) is 0 Å². The molecule has 2 rings (SSSR count). The van der Waals surface area contributed by atoms with E-state index in [9.17, 15) is 39.6 Å². The van der Waals surface area contributed by atoms with E-state index >= 15 is 0 Å². The van der Waals surface area contributed by atoms with Gasteiger partial charge < -0.3 is 47.8 Å². The fraction of sp³-hybridized carbons (Fsp3) is 0.429. The van der Waals surface area contributed by atoms with Gasteiger partial charge in [-0.2, -0.15) is 0 Å². The molecule has 13 nitrogen and oxygen atoms in total. The highest BCUT2D eigenvalue weighted by Crippen LogP contribution is 2.14. The molecule has 0 aromatic heterocycles. The Balaban J connectivity index is 2.28. The van der Waals surface area contributed by atoms with E-state index in [1.807, 2.05) is 0 Å². The van der Waals surface area contributed by atoms with Crippen LogP contribution in [0.5, 0.6) is 11.5 Å². The first-order chi connectivity index (χ1) is 19.4. The van der Waals surface area contributed by atoms with Crippen LogP contribution in [0, 0.1) is 0 Å². The monoisotopic (exact) mass is 573 g/mol. The average Bonchev–Trinajstić information content (AvgIpc) is 2.93. The van der Waals surface area contributed by atoms with Crippen LogP contribution in [0.2, 0.25) is 0 Å². The summed E-state index contributed by atoms with van der Waals surface area (Å²) < 4.78 is 0. The van der Waals surface area contributed by atoms with E-state index in [0.29, 0.717) is 30.5 Å².